The summed E-state index contributed by atoms with van der Waals surface area (Å²) in [5, 5.41) is 6.46. The highest BCUT2D eigenvalue weighted by Crippen LogP contribution is 2.12. The second-order valence-corrected chi connectivity index (χ2v) is 6.72. The molecule has 3 aromatic heterocycles. The fraction of sp³-hybridized carbons (Fsp3) is 0.267. The van der Waals surface area contributed by atoms with Gasteiger partial charge in [0.25, 0.3) is 0 Å². The zero-order valence-corrected chi connectivity index (χ0v) is 14.4. The molecule has 0 aliphatic carbocycles. The van der Waals surface area contributed by atoms with Crippen molar-refractivity contribution in [2.45, 2.75) is 20.0 Å². The summed E-state index contributed by atoms with van der Waals surface area (Å²) in [4.78, 5) is 22.5. The zero-order valence-electron chi connectivity index (χ0n) is 12.8. The van der Waals surface area contributed by atoms with E-state index in [-0.39, 0.29) is 6.03 Å². The Morgan fingerprint density at radius 2 is 2.17 bits per heavy atom. The lowest BCUT2D eigenvalue weighted by atomic mass is 10.4. The summed E-state index contributed by atoms with van der Waals surface area (Å²) in [5.41, 5.74) is 2.47. The molecule has 0 saturated carbocycles. The van der Waals surface area contributed by atoms with Crippen molar-refractivity contribution in [1.82, 2.24) is 24.6 Å². The van der Waals surface area contributed by atoms with Gasteiger partial charge in [0.2, 0.25) is 0 Å². The lowest BCUT2D eigenvalue weighted by molar-refractivity contribution is 0.206. The Labute approximate surface area is 142 Å². The molecule has 0 aromatic carbocycles. The first-order valence-electron chi connectivity index (χ1n) is 7.04. The van der Waals surface area contributed by atoms with Crippen LogP contribution in [-0.2, 0) is 13.1 Å². The highest BCUT2D eigenvalue weighted by Gasteiger charge is 2.11. The van der Waals surface area contributed by atoms with E-state index in [9.17, 15) is 4.79 Å². The largest absolute Gasteiger partial charge is 0.332 e. The molecule has 3 aromatic rings. The Morgan fingerprint density at radius 1 is 1.35 bits per heavy atom. The average molecular weight is 350 g/mol. The fourth-order valence-corrected chi connectivity index (χ4v) is 2.97. The number of pyridine rings is 1. The summed E-state index contributed by atoms with van der Waals surface area (Å²) in [5.74, 6) is 0. The van der Waals surface area contributed by atoms with Crippen molar-refractivity contribution < 1.29 is 4.79 Å². The number of carbonyl (C=O) groups excluding carboxylic acids is 1. The van der Waals surface area contributed by atoms with E-state index in [1.165, 1.54) is 0 Å². The molecule has 120 valence electrons. The maximum Gasteiger partial charge on any atom is 0.317 e. The molecule has 0 radical (unpaired) electrons. The number of aryl methyl sites for hydroxylation is 1. The highest BCUT2D eigenvalue weighted by molar-refractivity contribution is 7.09. The van der Waals surface area contributed by atoms with Gasteiger partial charge >= 0.3 is 6.03 Å². The molecule has 3 heterocycles. The second-order valence-electron chi connectivity index (χ2n) is 5.22. The first-order valence-corrected chi connectivity index (χ1v) is 8.30. The summed E-state index contributed by atoms with van der Waals surface area (Å²) >= 11 is 7.52. The number of imidazole rings is 1. The van der Waals surface area contributed by atoms with Crippen LogP contribution in [0.4, 0.5) is 4.79 Å². The molecule has 0 unspecified atom stereocenters. The van der Waals surface area contributed by atoms with Crippen molar-refractivity contribution in [2.75, 3.05) is 7.05 Å². The molecule has 23 heavy (non-hydrogen) atoms. The minimum atomic E-state index is -0.161. The summed E-state index contributed by atoms with van der Waals surface area (Å²) in [6.45, 7) is 2.79. The third-order valence-corrected chi connectivity index (χ3v) is 4.34. The van der Waals surface area contributed by atoms with Gasteiger partial charge in [0.1, 0.15) is 5.65 Å². The van der Waals surface area contributed by atoms with E-state index in [2.05, 4.69) is 15.3 Å². The first-order chi connectivity index (χ1) is 11.0. The van der Waals surface area contributed by atoms with Gasteiger partial charge in [0, 0.05) is 24.8 Å². The number of hydrogen-bond acceptors (Lipinski definition) is 4. The number of fused-ring (bicyclic) bond motifs is 1. The molecule has 8 heteroatoms. The summed E-state index contributed by atoms with van der Waals surface area (Å²) in [6, 6.07) is 3.46. The Morgan fingerprint density at radius 3 is 2.91 bits per heavy atom. The number of aromatic nitrogens is 3. The minimum Gasteiger partial charge on any atom is -0.332 e. The number of nitrogens with one attached hydrogen (secondary N) is 1. The molecule has 0 fully saturated rings. The Kier molecular flexibility index (Phi) is 4.49. The molecule has 3 rings (SSSR count). The predicted molar refractivity (Wildman–Crippen MR) is 90.8 cm³/mol. The first kappa shape index (κ1) is 15.8. The van der Waals surface area contributed by atoms with Crippen LogP contribution in [0.15, 0.2) is 29.9 Å². The van der Waals surface area contributed by atoms with Gasteiger partial charge in [-0.05, 0) is 19.1 Å². The number of urea groups is 1. The summed E-state index contributed by atoms with van der Waals surface area (Å²) in [6.07, 6.45) is 3.64. The number of carbonyl (C=O) groups is 1. The highest BCUT2D eigenvalue weighted by atomic mass is 35.5. The van der Waals surface area contributed by atoms with Crippen molar-refractivity contribution in [1.29, 1.82) is 0 Å². The van der Waals surface area contributed by atoms with Gasteiger partial charge in [-0.1, -0.05) is 11.6 Å². The molecule has 0 bridgehead atoms. The van der Waals surface area contributed by atoms with Crippen molar-refractivity contribution in [2.24, 2.45) is 0 Å². The van der Waals surface area contributed by atoms with E-state index >= 15 is 0 Å². The van der Waals surface area contributed by atoms with Gasteiger partial charge in [-0.25, -0.2) is 14.8 Å². The quantitative estimate of drug-likeness (QED) is 0.787. The molecule has 1 N–H and O–H groups in total. The van der Waals surface area contributed by atoms with Crippen molar-refractivity contribution >= 4 is 34.6 Å². The van der Waals surface area contributed by atoms with Gasteiger partial charge in [-0.3, -0.25) is 0 Å². The second kappa shape index (κ2) is 6.55. The van der Waals surface area contributed by atoms with Gasteiger partial charge in [0.05, 0.1) is 34.5 Å². The number of halogens is 1. The van der Waals surface area contributed by atoms with E-state index in [0.29, 0.717) is 18.1 Å². The molecular formula is C15H16ClN5OS. The van der Waals surface area contributed by atoms with Crippen molar-refractivity contribution in [3.05, 3.63) is 51.3 Å². The van der Waals surface area contributed by atoms with Crippen LogP contribution in [0.25, 0.3) is 5.65 Å². The number of nitrogens with zero attached hydrogens (tertiary/aromatic N) is 4. The van der Waals surface area contributed by atoms with Gasteiger partial charge in [-0.15, -0.1) is 11.3 Å². The maximum absolute atomic E-state index is 12.1. The molecule has 0 saturated heterocycles. The maximum atomic E-state index is 12.1. The molecule has 0 aliphatic heterocycles. The molecular weight excluding hydrogens is 334 g/mol. The molecule has 6 nitrogen and oxygen atoms in total. The average Bonchev–Trinajstić information content (AvgIpc) is 3.10. The van der Waals surface area contributed by atoms with E-state index < -0.39 is 0 Å². The van der Waals surface area contributed by atoms with E-state index in [1.807, 2.05) is 29.0 Å². The third-order valence-electron chi connectivity index (χ3n) is 3.30. The number of rotatable bonds is 4. The Bertz CT molecular complexity index is 843. The van der Waals surface area contributed by atoms with E-state index in [1.54, 1.807) is 35.5 Å². The summed E-state index contributed by atoms with van der Waals surface area (Å²) < 4.78 is 1.84. The van der Waals surface area contributed by atoms with Gasteiger partial charge < -0.3 is 14.6 Å². The van der Waals surface area contributed by atoms with Crippen LogP contribution in [0.5, 0.6) is 0 Å². The SMILES string of the molecule is Cc1nc(CN(C)C(=O)NCc2cn3cc(Cl)ccc3n2)cs1. The lowest BCUT2D eigenvalue weighted by Crippen LogP contribution is -2.36. The van der Waals surface area contributed by atoms with Crippen molar-refractivity contribution in [3.63, 3.8) is 0 Å². The zero-order chi connectivity index (χ0) is 16.4. The van der Waals surface area contributed by atoms with Gasteiger partial charge in [0.15, 0.2) is 0 Å². The number of amides is 2. The van der Waals surface area contributed by atoms with E-state index in [4.69, 9.17) is 11.6 Å². The molecule has 0 aliphatic rings. The Balaban J connectivity index is 1.58. The Hall–Kier alpha value is -2.12. The van der Waals surface area contributed by atoms with Crippen LogP contribution in [0.1, 0.15) is 16.4 Å². The number of hydrogen-bond donors (Lipinski definition) is 1. The van der Waals surface area contributed by atoms with Gasteiger partial charge in [-0.2, -0.15) is 0 Å². The normalized spacial score (nSPS) is 10.9. The fourth-order valence-electron chi connectivity index (χ4n) is 2.20. The topological polar surface area (TPSA) is 62.5 Å². The minimum absolute atomic E-state index is 0.161. The number of thiazole rings is 1. The molecule has 0 spiro atoms. The monoisotopic (exact) mass is 349 g/mol. The third kappa shape index (κ3) is 3.80. The van der Waals surface area contributed by atoms with Crippen LogP contribution in [0.2, 0.25) is 5.02 Å². The lowest BCUT2D eigenvalue weighted by Gasteiger charge is -2.16. The van der Waals surface area contributed by atoms with E-state index in [0.717, 1.165) is 22.0 Å². The smallest absolute Gasteiger partial charge is 0.317 e. The van der Waals surface area contributed by atoms with Crippen LogP contribution in [0.3, 0.4) is 0 Å². The standard InChI is InChI=1S/C15H16ClN5OS/c1-10-18-13(9-23-10)7-20(2)15(22)17-5-12-8-21-6-11(16)3-4-14(21)19-12/h3-4,6,8-9H,5,7H2,1-2H3,(H,17,22). The van der Waals surface area contributed by atoms with Crippen LogP contribution in [-0.4, -0.2) is 32.3 Å². The van der Waals surface area contributed by atoms with Crippen molar-refractivity contribution in [3.8, 4) is 0 Å². The molecule has 2 amide bonds. The predicted octanol–water partition coefficient (Wildman–Crippen LogP) is 3.09. The molecule has 0 atom stereocenters. The van der Waals surface area contributed by atoms with Crippen LogP contribution < -0.4 is 5.32 Å². The van der Waals surface area contributed by atoms with Crippen LogP contribution in [0, 0.1) is 6.92 Å². The summed E-state index contributed by atoms with van der Waals surface area (Å²) in [7, 11) is 1.74. The van der Waals surface area contributed by atoms with Crippen LogP contribution >= 0.6 is 22.9 Å².